The number of thiophene rings is 1. The molecule has 0 amide bonds. The second kappa shape index (κ2) is 6.61. The lowest BCUT2D eigenvalue weighted by molar-refractivity contribution is 0.337. The average Bonchev–Trinajstić information content (AvgIpc) is 2.70. The van der Waals surface area contributed by atoms with Gasteiger partial charge in [-0.1, -0.05) is 17.7 Å². The van der Waals surface area contributed by atoms with Crippen molar-refractivity contribution in [3.05, 3.63) is 48.5 Å². The summed E-state index contributed by atoms with van der Waals surface area (Å²) in [5.74, 6) is 0.849. The van der Waals surface area contributed by atoms with Gasteiger partial charge in [0.05, 0.1) is 19.6 Å². The van der Waals surface area contributed by atoms with Gasteiger partial charge in [0.25, 0.3) is 0 Å². The summed E-state index contributed by atoms with van der Waals surface area (Å²) in [5, 5.41) is -0.224. The largest absolute Gasteiger partial charge is 0.494 e. The number of hydrogen-bond donors (Lipinski definition) is 0. The molecule has 2 rings (SSSR count). The molecule has 0 aliphatic heterocycles. The first kappa shape index (κ1) is 15.4. The van der Waals surface area contributed by atoms with Gasteiger partial charge in [-0.3, -0.25) is 0 Å². The Morgan fingerprint density at radius 2 is 2.00 bits per heavy atom. The third kappa shape index (κ3) is 3.54. The quantitative estimate of drug-likeness (QED) is 0.523. The van der Waals surface area contributed by atoms with Crippen molar-refractivity contribution in [2.75, 3.05) is 6.61 Å². The minimum atomic E-state index is -0.224. The summed E-state index contributed by atoms with van der Waals surface area (Å²) in [6.45, 7) is 4.67. The Morgan fingerprint density at radius 1 is 1.26 bits per heavy atom. The van der Waals surface area contributed by atoms with Gasteiger partial charge in [-0.25, -0.2) is 0 Å². The van der Waals surface area contributed by atoms with Crippen molar-refractivity contribution in [3.8, 4) is 5.75 Å². The number of halogens is 3. The topological polar surface area (TPSA) is 9.23 Å². The van der Waals surface area contributed by atoms with Crippen molar-refractivity contribution in [2.45, 2.75) is 19.2 Å². The second-order valence-electron chi connectivity index (χ2n) is 4.12. The van der Waals surface area contributed by atoms with Gasteiger partial charge >= 0.3 is 0 Å². The summed E-state index contributed by atoms with van der Waals surface area (Å²) in [5.41, 5.74) is 3.24. The number of ether oxygens (including phenoxy) is 1. The summed E-state index contributed by atoms with van der Waals surface area (Å²) < 4.78 is 7.78. The Bertz CT molecular complexity index is 583. The van der Waals surface area contributed by atoms with Crippen molar-refractivity contribution >= 4 is 54.8 Å². The Balaban J connectivity index is 2.45. The van der Waals surface area contributed by atoms with Crippen LogP contribution in [0.4, 0.5) is 0 Å². The Kier molecular flexibility index (Phi) is 5.35. The SMILES string of the molecule is CCOc1ccc(C)cc1C(Cl)c1cc(Br)sc1Br. The van der Waals surface area contributed by atoms with Gasteiger partial charge in [-0.05, 0) is 57.8 Å². The highest BCUT2D eigenvalue weighted by Gasteiger charge is 2.20. The van der Waals surface area contributed by atoms with E-state index in [1.54, 1.807) is 11.3 Å². The van der Waals surface area contributed by atoms with Gasteiger partial charge in [0.2, 0.25) is 0 Å². The molecule has 1 nitrogen and oxygen atoms in total. The van der Waals surface area contributed by atoms with Crippen LogP contribution in [0.5, 0.6) is 5.75 Å². The minimum absolute atomic E-state index is 0.224. The molecule has 0 spiro atoms. The summed E-state index contributed by atoms with van der Waals surface area (Å²) in [7, 11) is 0. The van der Waals surface area contributed by atoms with E-state index in [0.717, 1.165) is 24.4 Å². The number of aryl methyl sites for hydroxylation is 1. The lowest BCUT2D eigenvalue weighted by atomic mass is 10.0. The molecule has 102 valence electrons. The van der Waals surface area contributed by atoms with Crippen LogP contribution >= 0.6 is 54.8 Å². The maximum Gasteiger partial charge on any atom is 0.124 e. The van der Waals surface area contributed by atoms with Gasteiger partial charge in [0, 0.05) is 11.1 Å². The molecule has 5 heteroatoms. The molecular formula is C14H13Br2ClOS. The molecule has 2 aromatic rings. The molecule has 0 aliphatic carbocycles. The first-order valence-corrected chi connectivity index (χ1v) is 8.69. The molecule has 1 aromatic heterocycles. The standard InChI is InChI=1S/C14H13Br2ClOS/c1-3-18-11-5-4-8(2)6-9(11)13(17)10-7-12(15)19-14(10)16/h4-7,13H,3H2,1-2H3. The maximum atomic E-state index is 6.64. The van der Waals surface area contributed by atoms with Gasteiger partial charge in [-0.2, -0.15) is 0 Å². The van der Waals surface area contributed by atoms with E-state index in [9.17, 15) is 0 Å². The predicted octanol–water partition coefficient (Wildman–Crippen LogP) is 6.31. The third-order valence-corrected chi connectivity index (χ3v) is 5.55. The number of hydrogen-bond acceptors (Lipinski definition) is 2. The van der Waals surface area contributed by atoms with Gasteiger partial charge in [0.15, 0.2) is 0 Å². The fourth-order valence-corrected chi connectivity index (χ4v) is 5.29. The van der Waals surface area contributed by atoms with E-state index < -0.39 is 0 Å². The van der Waals surface area contributed by atoms with Gasteiger partial charge < -0.3 is 4.74 Å². The van der Waals surface area contributed by atoms with E-state index in [4.69, 9.17) is 16.3 Å². The van der Waals surface area contributed by atoms with Crippen LogP contribution in [0.1, 0.15) is 29.0 Å². The summed E-state index contributed by atoms with van der Waals surface area (Å²) in [6.07, 6.45) is 0. The molecule has 0 bridgehead atoms. The fraction of sp³-hybridized carbons (Fsp3) is 0.286. The van der Waals surface area contributed by atoms with Gasteiger partial charge in [0.1, 0.15) is 5.75 Å². The molecule has 0 fully saturated rings. The summed E-state index contributed by atoms with van der Waals surface area (Å²) >= 11 is 15.3. The molecule has 0 saturated carbocycles. The monoisotopic (exact) mass is 422 g/mol. The van der Waals surface area contributed by atoms with Crippen LogP contribution in [0.15, 0.2) is 31.8 Å². The summed E-state index contributed by atoms with van der Waals surface area (Å²) in [4.78, 5) is 0. The predicted molar refractivity (Wildman–Crippen MR) is 89.8 cm³/mol. The number of alkyl halides is 1. The number of benzene rings is 1. The Hall–Kier alpha value is -0.0300. The molecule has 0 saturated heterocycles. The molecule has 0 radical (unpaired) electrons. The Morgan fingerprint density at radius 3 is 2.58 bits per heavy atom. The lowest BCUT2D eigenvalue weighted by Gasteiger charge is -2.15. The van der Waals surface area contributed by atoms with Crippen LogP contribution in [0.2, 0.25) is 0 Å². The highest BCUT2D eigenvalue weighted by molar-refractivity contribution is 9.12. The van der Waals surface area contributed by atoms with E-state index >= 15 is 0 Å². The molecule has 0 aliphatic rings. The molecule has 0 N–H and O–H groups in total. The van der Waals surface area contributed by atoms with Crippen LogP contribution in [0.25, 0.3) is 0 Å². The van der Waals surface area contributed by atoms with E-state index in [2.05, 4.69) is 44.8 Å². The first-order valence-electron chi connectivity index (χ1n) is 5.85. The second-order valence-corrected chi connectivity index (χ2v) is 8.30. The van der Waals surface area contributed by atoms with Crippen LogP contribution in [0, 0.1) is 6.92 Å². The van der Waals surface area contributed by atoms with Crippen LogP contribution < -0.4 is 4.74 Å². The zero-order chi connectivity index (χ0) is 14.0. The third-order valence-electron chi connectivity index (χ3n) is 2.69. The van der Waals surface area contributed by atoms with Crippen molar-refractivity contribution in [2.24, 2.45) is 0 Å². The van der Waals surface area contributed by atoms with Crippen LogP contribution in [-0.4, -0.2) is 6.61 Å². The van der Waals surface area contributed by atoms with Crippen molar-refractivity contribution in [1.82, 2.24) is 0 Å². The van der Waals surface area contributed by atoms with Crippen molar-refractivity contribution in [3.63, 3.8) is 0 Å². The number of rotatable bonds is 4. The zero-order valence-electron chi connectivity index (χ0n) is 10.5. The van der Waals surface area contributed by atoms with Crippen molar-refractivity contribution < 1.29 is 4.74 Å². The van der Waals surface area contributed by atoms with E-state index in [-0.39, 0.29) is 5.38 Å². The highest BCUT2D eigenvalue weighted by atomic mass is 79.9. The molecule has 1 heterocycles. The molecule has 1 atom stereocenters. The smallest absolute Gasteiger partial charge is 0.124 e. The van der Waals surface area contributed by atoms with E-state index in [0.29, 0.717) is 6.61 Å². The molecule has 1 aromatic carbocycles. The van der Waals surface area contributed by atoms with E-state index in [1.165, 1.54) is 5.56 Å². The molecular weight excluding hydrogens is 411 g/mol. The Labute approximate surface area is 139 Å². The lowest BCUT2D eigenvalue weighted by Crippen LogP contribution is -2.00. The minimum Gasteiger partial charge on any atom is -0.494 e. The normalized spacial score (nSPS) is 12.5. The van der Waals surface area contributed by atoms with Crippen molar-refractivity contribution in [1.29, 1.82) is 0 Å². The maximum absolute atomic E-state index is 6.64. The molecule has 19 heavy (non-hydrogen) atoms. The fourth-order valence-electron chi connectivity index (χ4n) is 1.85. The van der Waals surface area contributed by atoms with Crippen LogP contribution in [0.3, 0.4) is 0 Å². The zero-order valence-corrected chi connectivity index (χ0v) is 15.3. The van der Waals surface area contributed by atoms with Gasteiger partial charge in [-0.15, -0.1) is 22.9 Å². The van der Waals surface area contributed by atoms with E-state index in [1.807, 2.05) is 25.1 Å². The highest BCUT2D eigenvalue weighted by Crippen LogP contribution is 2.43. The average molecular weight is 425 g/mol. The summed E-state index contributed by atoms with van der Waals surface area (Å²) in [6, 6.07) is 8.15. The first-order chi connectivity index (χ1) is 9.02. The van der Waals surface area contributed by atoms with Crippen LogP contribution in [-0.2, 0) is 0 Å². The molecule has 1 unspecified atom stereocenters.